The maximum absolute atomic E-state index is 12.4. The van der Waals surface area contributed by atoms with Crippen LogP contribution in [-0.4, -0.2) is 62.1 Å². The molecule has 180 valence electrons. The first kappa shape index (κ1) is 24.8. The molecule has 4 amide bonds. The predicted octanol–water partition coefficient (Wildman–Crippen LogP) is 4.10. The van der Waals surface area contributed by atoms with Crippen molar-refractivity contribution in [2.45, 2.75) is 26.2 Å². The number of likely N-dealkylation sites (N-methyl/N-ethyl adjacent to an activating group) is 2. The van der Waals surface area contributed by atoms with Crippen LogP contribution in [0.25, 0.3) is 6.08 Å². The number of imide groups is 2. The first-order valence-electron chi connectivity index (χ1n) is 11.1. The second-order valence-corrected chi connectivity index (χ2v) is 8.05. The number of carbonyl (C=O) groups excluding carboxylic acids is 3. The zero-order valence-corrected chi connectivity index (χ0v) is 20.2. The van der Waals surface area contributed by atoms with Gasteiger partial charge in [0.05, 0.1) is 7.11 Å². The minimum atomic E-state index is -0.665. The molecule has 1 atom stereocenters. The van der Waals surface area contributed by atoms with Crippen molar-refractivity contribution in [2.24, 2.45) is 0 Å². The molecule has 34 heavy (non-hydrogen) atoms. The Balaban J connectivity index is 1.63. The number of methoxy groups -OCH3 is 1. The molecular weight excluding hydrogens is 436 g/mol. The Labute approximate surface area is 199 Å². The first-order chi connectivity index (χ1) is 16.3. The zero-order chi connectivity index (χ0) is 24.8. The highest BCUT2D eigenvalue weighted by molar-refractivity contribution is 6.30. The van der Waals surface area contributed by atoms with Crippen LogP contribution in [0.5, 0.6) is 17.2 Å². The summed E-state index contributed by atoms with van der Waals surface area (Å²) >= 11 is 0. The largest absolute Gasteiger partial charge is 0.493 e. The third kappa shape index (κ3) is 5.39. The van der Waals surface area contributed by atoms with Crippen molar-refractivity contribution in [1.29, 1.82) is 0 Å². The Hall–Kier alpha value is -3.81. The predicted molar refractivity (Wildman–Crippen MR) is 128 cm³/mol. The maximum atomic E-state index is 12.4. The molecule has 2 aromatic rings. The molecule has 8 nitrogen and oxygen atoms in total. The highest BCUT2D eigenvalue weighted by Crippen LogP contribution is 2.30. The van der Waals surface area contributed by atoms with Crippen LogP contribution in [0.4, 0.5) is 4.79 Å². The van der Waals surface area contributed by atoms with Gasteiger partial charge in [0.15, 0.2) is 11.5 Å². The molecule has 0 saturated carbocycles. The highest BCUT2D eigenvalue weighted by Gasteiger charge is 2.37. The molecule has 1 aliphatic rings. The summed E-state index contributed by atoms with van der Waals surface area (Å²) < 4.78 is 17.0. The molecule has 0 aliphatic carbocycles. The molecule has 1 heterocycles. The second kappa shape index (κ2) is 10.9. The molecule has 0 aromatic heterocycles. The Kier molecular flexibility index (Phi) is 7.94. The molecule has 1 fully saturated rings. The molecule has 8 heteroatoms. The fourth-order valence-electron chi connectivity index (χ4n) is 3.47. The van der Waals surface area contributed by atoms with Gasteiger partial charge in [0, 0.05) is 14.1 Å². The van der Waals surface area contributed by atoms with E-state index in [1.807, 2.05) is 12.1 Å². The number of carbonyl (C=O) groups is 3. The lowest BCUT2D eigenvalue weighted by atomic mass is 9.99. The Morgan fingerprint density at radius 2 is 1.50 bits per heavy atom. The minimum absolute atomic E-state index is 0.104. The van der Waals surface area contributed by atoms with Crippen molar-refractivity contribution in [3.05, 3.63) is 59.2 Å². The Morgan fingerprint density at radius 1 is 0.882 bits per heavy atom. The van der Waals surface area contributed by atoms with Gasteiger partial charge in [0.2, 0.25) is 0 Å². The molecule has 3 rings (SSSR count). The number of hydrogen-bond donors (Lipinski definition) is 0. The lowest BCUT2D eigenvalue weighted by molar-refractivity contribution is -0.134. The van der Waals surface area contributed by atoms with Gasteiger partial charge in [0.25, 0.3) is 11.8 Å². The average Bonchev–Trinajstić information content (AvgIpc) is 2.87. The van der Waals surface area contributed by atoms with Gasteiger partial charge >= 0.3 is 6.03 Å². The highest BCUT2D eigenvalue weighted by atomic mass is 16.5. The van der Waals surface area contributed by atoms with Crippen LogP contribution < -0.4 is 14.2 Å². The molecule has 0 N–H and O–H groups in total. The molecular formula is C26H30N2O6. The second-order valence-electron chi connectivity index (χ2n) is 8.05. The van der Waals surface area contributed by atoms with Gasteiger partial charge in [-0.1, -0.05) is 32.0 Å². The van der Waals surface area contributed by atoms with E-state index in [1.54, 1.807) is 18.2 Å². The maximum Gasteiger partial charge on any atom is 0.333 e. The molecule has 1 aliphatic heterocycles. The van der Waals surface area contributed by atoms with Crippen molar-refractivity contribution in [1.82, 2.24) is 9.80 Å². The summed E-state index contributed by atoms with van der Waals surface area (Å²) in [5, 5.41) is 0. The Morgan fingerprint density at radius 3 is 2.09 bits per heavy atom. The summed E-state index contributed by atoms with van der Waals surface area (Å²) in [6, 6.07) is 12.5. The zero-order valence-electron chi connectivity index (χ0n) is 20.2. The van der Waals surface area contributed by atoms with Crippen LogP contribution in [0.1, 0.15) is 37.3 Å². The number of ether oxygens (including phenoxy) is 3. The van der Waals surface area contributed by atoms with Crippen LogP contribution in [0.3, 0.4) is 0 Å². The molecule has 0 bridgehead atoms. The fourth-order valence-corrected chi connectivity index (χ4v) is 3.47. The smallest absolute Gasteiger partial charge is 0.333 e. The quantitative estimate of drug-likeness (QED) is 0.314. The van der Waals surface area contributed by atoms with Crippen molar-refractivity contribution in [3.63, 3.8) is 0 Å². The molecule has 0 unspecified atom stereocenters. The average molecular weight is 467 g/mol. The van der Waals surface area contributed by atoms with Crippen LogP contribution in [0.15, 0.2) is 48.0 Å². The number of nitrogens with zero attached hydrogens (tertiary/aromatic N) is 2. The topological polar surface area (TPSA) is 85.4 Å². The normalized spacial score (nSPS) is 14.9. The van der Waals surface area contributed by atoms with Gasteiger partial charge < -0.3 is 14.2 Å². The lowest BCUT2D eigenvalue weighted by Crippen LogP contribution is -2.52. The van der Waals surface area contributed by atoms with Crippen LogP contribution in [-0.2, 0) is 9.59 Å². The van der Waals surface area contributed by atoms with Crippen LogP contribution in [0.2, 0.25) is 0 Å². The summed E-state index contributed by atoms with van der Waals surface area (Å²) in [5.41, 5.74) is 1.75. The van der Waals surface area contributed by atoms with Crippen LogP contribution in [0, 0.1) is 0 Å². The van der Waals surface area contributed by atoms with Crippen LogP contribution >= 0.6 is 0 Å². The minimum Gasteiger partial charge on any atom is -0.493 e. The van der Waals surface area contributed by atoms with E-state index < -0.39 is 17.8 Å². The lowest BCUT2D eigenvalue weighted by Gasteiger charge is -2.28. The van der Waals surface area contributed by atoms with Crippen molar-refractivity contribution in [2.75, 3.05) is 34.4 Å². The van der Waals surface area contributed by atoms with E-state index in [9.17, 15) is 14.4 Å². The van der Waals surface area contributed by atoms with E-state index in [4.69, 9.17) is 14.2 Å². The molecule has 0 radical (unpaired) electrons. The Bertz CT molecular complexity index is 1070. The molecule has 2 aromatic carbocycles. The van der Waals surface area contributed by atoms with E-state index in [0.29, 0.717) is 36.2 Å². The fraction of sp³-hybridized carbons (Fsp3) is 0.346. The van der Waals surface area contributed by atoms with Gasteiger partial charge in [-0.05, 0) is 53.8 Å². The first-order valence-corrected chi connectivity index (χ1v) is 11.1. The summed E-state index contributed by atoms with van der Waals surface area (Å²) in [6.45, 7) is 5.02. The van der Waals surface area contributed by atoms with E-state index >= 15 is 0 Å². The van der Waals surface area contributed by atoms with Gasteiger partial charge in [0.1, 0.15) is 24.5 Å². The van der Waals surface area contributed by atoms with Crippen molar-refractivity contribution < 1.29 is 28.6 Å². The third-order valence-electron chi connectivity index (χ3n) is 5.81. The molecule has 1 saturated heterocycles. The SMILES string of the molecule is CC[C@@H](C)c1ccc(OCCOc2ccc(C=C3C(=O)N(C)C(=O)N(C)C3=O)cc2OC)cc1. The molecule has 0 spiro atoms. The van der Waals surface area contributed by atoms with Crippen molar-refractivity contribution >= 4 is 23.9 Å². The third-order valence-corrected chi connectivity index (χ3v) is 5.81. The van der Waals surface area contributed by atoms with E-state index in [-0.39, 0.29) is 5.57 Å². The number of urea groups is 1. The standard InChI is InChI=1S/C26H30N2O6/c1-6-17(2)19-8-10-20(11-9-19)33-13-14-34-22-12-7-18(16-23(22)32-5)15-21-24(29)27(3)26(31)28(4)25(21)30/h7-12,15-17H,6,13-14H2,1-5H3/t17-/m1/s1. The monoisotopic (exact) mass is 466 g/mol. The number of amides is 4. The number of barbiturate groups is 1. The van der Waals surface area contributed by atoms with Gasteiger partial charge in [-0.3, -0.25) is 19.4 Å². The summed E-state index contributed by atoms with van der Waals surface area (Å²) in [5.74, 6) is 0.942. The van der Waals surface area contributed by atoms with E-state index in [0.717, 1.165) is 22.0 Å². The van der Waals surface area contributed by atoms with E-state index in [1.165, 1.54) is 32.8 Å². The number of benzene rings is 2. The summed E-state index contributed by atoms with van der Waals surface area (Å²) in [4.78, 5) is 38.5. The van der Waals surface area contributed by atoms with Crippen molar-refractivity contribution in [3.8, 4) is 17.2 Å². The summed E-state index contributed by atoms with van der Waals surface area (Å²) in [6.07, 6.45) is 2.52. The van der Waals surface area contributed by atoms with Gasteiger partial charge in [-0.15, -0.1) is 0 Å². The van der Waals surface area contributed by atoms with Gasteiger partial charge in [-0.25, -0.2) is 4.79 Å². The van der Waals surface area contributed by atoms with Gasteiger partial charge in [-0.2, -0.15) is 0 Å². The van der Waals surface area contributed by atoms with E-state index in [2.05, 4.69) is 26.0 Å². The number of rotatable bonds is 9. The summed E-state index contributed by atoms with van der Waals surface area (Å²) in [7, 11) is 4.17. The number of hydrogen-bond acceptors (Lipinski definition) is 6.